The quantitative estimate of drug-likeness (QED) is 0.367. The zero-order valence-electron chi connectivity index (χ0n) is 12.3. The van der Waals surface area contributed by atoms with Gasteiger partial charge in [0.25, 0.3) is 0 Å². The summed E-state index contributed by atoms with van der Waals surface area (Å²) in [4.78, 5) is 11.1. The summed E-state index contributed by atoms with van der Waals surface area (Å²) in [5.74, 6) is 0.641. The number of carbonyl (C=O) groups is 1. The van der Waals surface area contributed by atoms with Crippen LogP contribution in [0.2, 0.25) is 0 Å². The van der Waals surface area contributed by atoms with Crippen LogP contribution in [0.4, 0.5) is 0 Å². The molecule has 110 valence electrons. The topological polar surface area (TPSA) is 44.8 Å². The van der Waals surface area contributed by atoms with E-state index in [9.17, 15) is 4.79 Å². The Bertz CT molecular complexity index is 288. The van der Waals surface area contributed by atoms with Crippen LogP contribution in [-0.4, -0.2) is 38.5 Å². The van der Waals surface area contributed by atoms with E-state index in [0.29, 0.717) is 25.7 Å². The average Bonchev–Trinajstić information content (AvgIpc) is 2.34. The fourth-order valence-electron chi connectivity index (χ4n) is 2.41. The molecule has 0 bridgehead atoms. The number of ether oxygens (including phenoxy) is 3. The van der Waals surface area contributed by atoms with Gasteiger partial charge in [0.1, 0.15) is 12.6 Å². The largest absolute Gasteiger partial charge is 0.371 e. The third-order valence-electron chi connectivity index (χ3n) is 3.17. The summed E-state index contributed by atoms with van der Waals surface area (Å²) in [5, 5.41) is 0. The molecule has 0 N–H and O–H groups in total. The maximum Gasteiger partial charge on any atom is 0.146 e. The van der Waals surface area contributed by atoms with E-state index in [0.717, 1.165) is 19.3 Å². The van der Waals surface area contributed by atoms with Crippen LogP contribution < -0.4 is 0 Å². The normalized spacial score (nSPS) is 24.4. The van der Waals surface area contributed by atoms with Gasteiger partial charge in [-0.05, 0) is 25.7 Å². The fourth-order valence-corrected chi connectivity index (χ4v) is 2.41. The highest BCUT2D eigenvalue weighted by atomic mass is 16.7. The minimum Gasteiger partial charge on any atom is -0.371 e. The van der Waals surface area contributed by atoms with Gasteiger partial charge in [0, 0.05) is 20.0 Å². The maximum atomic E-state index is 11.1. The average molecular weight is 270 g/mol. The number of rotatable bonds is 9. The van der Waals surface area contributed by atoms with Gasteiger partial charge in [-0.15, -0.1) is 0 Å². The summed E-state index contributed by atoms with van der Waals surface area (Å²) in [5.41, 5.74) is 0. The first-order chi connectivity index (χ1) is 9.11. The molecule has 4 nitrogen and oxygen atoms in total. The van der Waals surface area contributed by atoms with Crippen molar-refractivity contribution in [1.82, 2.24) is 0 Å². The number of hydrogen-bond donors (Lipinski definition) is 0. The first-order valence-electron chi connectivity index (χ1n) is 7.00. The highest BCUT2D eigenvalue weighted by Gasteiger charge is 2.20. The minimum absolute atomic E-state index is 0.125. The molecule has 0 aromatic rings. The molecule has 0 aromatic carbocycles. The predicted octanol–water partition coefficient (Wildman–Crippen LogP) is 2.72. The summed E-state index contributed by atoms with van der Waals surface area (Å²) in [7, 11) is 1.61. The lowest BCUT2D eigenvalue weighted by Crippen LogP contribution is -2.27. The molecule has 0 saturated heterocycles. The Morgan fingerprint density at radius 1 is 1.53 bits per heavy atom. The van der Waals surface area contributed by atoms with Crippen LogP contribution in [0.5, 0.6) is 0 Å². The maximum absolute atomic E-state index is 11.1. The van der Waals surface area contributed by atoms with Crippen LogP contribution in [0.25, 0.3) is 0 Å². The second kappa shape index (κ2) is 9.23. The lowest BCUT2D eigenvalue weighted by atomic mass is 9.95. The van der Waals surface area contributed by atoms with Crippen molar-refractivity contribution >= 4 is 5.78 Å². The molecular formula is C15H26O4. The molecule has 1 heterocycles. The van der Waals surface area contributed by atoms with Crippen molar-refractivity contribution in [3.63, 3.8) is 0 Å². The molecule has 0 aromatic heterocycles. The van der Waals surface area contributed by atoms with Crippen LogP contribution >= 0.6 is 0 Å². The van der Waals surface area contributed by atoms with Crippen molar-refractivity contribution in [2.75, 3.05) is 20.5 Å². The Hall–Kier alpha value is -0.710. The van der Waals surface area contributed by atoms with E-state index >= 15 is 0 Å². The van der Waals surface area contributed by atoms with Crippen molar-refractivity contribution in [3.8, 4) is 0 Å². The van der Waals surface area contributed by atoms with Gasteiger partial charge >= 0.3 is 0 Å². The molecule has 19 heavy (non-hydrogen) atoms. The Morgan fingerprint density at radius 2 is 2.32 bits per heavy atom. The van der Waals surface area contributed by atoms with Gasteiger partial charge in [-0.2, -0.15) is 0 Å². The van der Waals surface area contributed by atoms with Crippen LogP contribution in [-0.2, 0) is 19.0 Å². The molecule has 4 heteroatoms. The molecule has 1 rings (SSSR count). The van der Waals surface area contributed by atoms with Crippen molar-refractivity contribution < 1.29 is 19.0 Å². The molecule has 0 unspecified atom stereocenters. The summed E-state index contributed by atoms with van der Waals surface area (Å²) in [6, 6.07) is 0. The van der Waals surface area contributed by atoms with Crippen molar-refractivity contribution in [2.45, 2.75) is 51.7 Å². The second-order valence-corrected chi connectivity index (χ2v) is 5.31. The van der Waals surface area contributed by atoms with E-state index in [1.807, 2.05) is 0 Å². The summed E-state index contributed by atoms with van der Waals surface area (Å²) >= 11 is 0. The fraction of sp³-hybridized carbons (Fsp3) is 0.800. The van der Waals surface area contributed by atoms with Gasteiger partial charge in [0.2, 0.25) is 0 Å². The smallest absolute Gasteiger partial charge is 0.146 e. The van der Waals surface area contributed by atoms with Gasteiger partial charge in [0.15, 0.2) is 0 Å². The second-order valence-electron chi connectivity index (χ2n) is 5.31. The lowest BCUT2D eigenvalue weighted by molar-refractivity contribution is -0.118. The highest BCUT2D eigenvalue weighted by Crippen LogP contribution is 2.22. The molecule has 1 aliphatic rings. The first kappa shape index (κ1) is 16.3. The lowest BCUT2D eigenvalue weighted by Gasteiger charge is -2.27. The van der Waals surface area contributed by atoms with Crippen molar-refractivity contribution in [3.05, 3.63) is 12.2 Å². The van der Waals surface area contributed by atoms with E-state index in [2.05, 4.69) is 19.1 Å². The standard InChI is InChI=1S/C15H26O4/c1-12(9-13(2)16)10-15-6-4-5-14(19-15)7-8-18-11-17-3/h4-5,12,14-15H,6-11H2,1-3H3/t12-,14-,15-/m0/s1. The first-order valence-corrected chi connectivity index (χ1v) is 7.00. The monoisotopic (exact) mass is 270 g/mol. The van der Waals surface area contributed by atoms with Gasteiger partial charge in [-0.25, -0.2) is 0 Å². The number of Topliss-reactive ketones (excluding diaryl/α,β-unsaturated/α-hetero) is 1. The van der Waals surface area contributed by atoms with E-state index < -0.39 is 0 Å². The summed E-state index contributed by atoms with van der Waals surface area (Å²) < 4.78 is 16.1. The van der Waals surface area contributed by atoms with E-state index in [4.69, 9.17) is 14.2 Å². The van der Waals surface area contributed by atoms with Crippen LogP contribution in [0.1, 0.15) is 39.5 Å². The summed E-state index contributed by atoms with van der Waals surface area (Å²) in [6.07, 6.45) is 8.00. The molecule has 0 aliphatic carbocycles. The molecule has 3 atom stereocenters. The SMILES string of the molecule is COCOCC[C@@H]1C=CC[C@@H](C[C@@H](C)CC(C)=O)O1. The zero-order valence-corrected chi connectivity index (χ0v) is 12.3. The minimum atomic E-state index is 0.125. The number of methoxy groups -OCH3 is 1. The van der Waals surface area contributed by atoms with E-state index in [1.54, 1.807) is 14.0 Å². The zero-order chi connectivity index (χ0) is 14.1. The van der Waals surface area contributed by atoms with Crippen LogP contribution in [0.15, 0.2) is 12.2 Å². The Labute approximate surface area is 116 Å². The Balaban J connectivity index is 2.23. The van der Waals surface area contributed by atoms with Gasteiger partial charge in [-0.1, -0.05) is 19.1 Å². The third-order valence-corrected chi connectivity index (χ3v) is 3.17. The predicted molar refractivity (Wildman–Crippen MR) is 73.9 cm³/mol. The number of carbonyl (C=O) groups excluding carboxylic acids is 1. The van der Waals surface area contributed by atoms with Gasteiger partial charge in [0.05, 0.1) is 18.8 Å². The number of hydrogen-bond acceptors (Lipinski definition) is 4. The van der Waals surface area contributed by atoms with E-state index in [-0.39, 0.29) is 18.0 Å². The molecule has 1 aliphatic heterocycles. The van der Waals surface area contributed by atoms with Gasteiger partial charge < -0.3 is 19.0 Å². The molecule has 0 saturated carbocycles. The Morgan fingerprint density at radius 3 is 3.00 bits per heavy atom. The van der Waals surface area contributed by atoms with Crippen LogP contribution in [0.3, 0.4) is 0 Å². The van der Waals surface area contributed by atoms with Crippen molar-refractivity contribution in [1.29, 1.82) is 0 Å². The Kier molecular flexibility index (Phi) is 7.94. The van der Waals surface area contributed by atoms with Crippen molar-refractivity contribution in [2.24, 2.45) is 5.92 Å². The number of ketones is 1. The third kappa shape index (κ3) is 7.45. The molecule has 0 spiro atoms. The van der Waals surface area contributed by atoms with Gasteiger partial charge in [-0.3, -0.25) is 0 Å². The summed E-state index contributed by atoms with van der Waals surface area (Å²) in [6.45, 7) is 4.72. The molecule has 0 amide bonds. The molecule has 0 fully saturated rings. The van der Waals surface area contributed by atoms with E-state index in [1.165, 1.54) is 0 Å². The highest BCUT2D eigenvalue weighted by molar-refractivity contribution is 5.75. The molecule has 0 radical (unpaired) electrons. The molecular weight excluding hydrogens is 244 g/mol. The van der Waals surface area contributed by atoms with Crippen LogP contribution in [0, 0.1) is 5.92 Å².